The van der Waals surface area contributed by atoms with Gasteiger partial charge in [-0.2, -0.15) is 0 Å². The molecule has 10 nitrogen and oxygen atoms in total. The largest absolute Gasteiger partial charge is 0.462 e. The maximum atomic E-state index is 13.0. The van der Waals surface area contributed by atoms with Gasteiger partial charge in [0.15, 0.2) is 11.8 Å². The Morgan fingerprint density at radius 3 is 2.29 bits per heavy atom. The lowest BCUT2D eigenvalue weighted by Crippen LogP contribution is -2.32. The van der Waals surface area contributed by atoms with Gasteiger partial charge in [-0.3, -0.25) is 9.78 Å². The third-order valence-electron chi connectivity index (χ3n) is 4.89. The summed E-state index contributed by atoms with van der Waals surface area (Å²) in [6, 6.07) is 7.04. The number of rotatable bonds is 9. The molecule has 3 aromatic rings. The number of amides is 1. The van der Waals surface area contributed by atoms with Gasteiger partial charge in [0.1, 0.15) is 9.88 Å². The first-order chi connectivity index (χ1) is 16.8. The summed E-state index contributed by atoms with van der Waals surface area (Å²) in [7, 11) is 0. The molecule has 0 fully saturated rings. The smallest absolute Gasteiger partial charge is 0.359 e. The average Bonchev–Trinajstić information content (AvgIpc) is 3.17. The van der Waals surface area contributed by atoms with Gasteiger partial charge < -0.3 is 19.5 Å². The summed E-state index contributed by atoms with van der Waals surface area (Å²) in [5.74, 6) is -2.79. The van der Waals surface area contributed by atoms with E-state index in [0.717, 1.165) is 11.3 Å². The minimum Gasteiger partial charge on any atom is -0.462 e. The zero-order valence-electron chi connectivity index (χ0n) is 19.7. The average molecular weight is 500 g/mol. The number of thiophene rings is 1. The van der Waals surface area contributed by atoms with E-state index < -0.39 is 29.9 Å². The van der Waals surface area contributed by atoms with Crippen LogP contribution in [-0.4, -0.2) is 53.1 Å². The van der Waals surface area contributed by atoms with Gasteiger partial charge in [0.05, 0.1) is 36.0 Å². The summed E-state index contributed by atoms with van der Waals surface area (Å²) in [5, 5.41) is 2.71. The van der Waals surface area contributed by atoms with E-state index in [1.165, 1.54) is 6.20 Å². The van der Waals surface area contributed by atoms with Crippen LogP contribution in [0.4, 0.5) is 5.00 Å². The number of ether oxygens (including phenoxy) is 3. The van der Waals surface area contributed by atoms with Gasteiger partial charge in [0.25, 0.3) is 5.91 Å². The van der Waals surface area contributed by atoms with Crippen molar-refractivity contribution < 1.29 is 33.4 Å². The first-order valence-electron chi connectivity index (χ1n) is 11.0. The van der Waals surface area contributed by atoms with Gasteiger partial charge in [-0.1, -0.05) is 19.1 Å². The van der Waals surface area contributed by atoms with Crippen LogP contribution in [0.1, 0.15) is 63.3 Å². The number of carbonyl (C=O) groups is 4. The fraction of sp³-hybridized carbons (Fsp3) is 0.333. The van der Waals surface area contributed by atoms with Crippen molar-refractivity contribution in [3.8, 4) is 0 Å². The fourth-order valence-electron chi connectivity index (χ4n) is 3.20. The second-order valence-electron chi connectivity index (χ2n) is 7.24. The molecule has 1 aromatic carbocycles. The molecule has 2 aromatic heterocycles. The van der Waals surface area contributed by atoms with E-state index in [1.54, 1.807) is 52.0 Å². The lowest BCUT2D eigenvalue weighted by molar-refractivity contribution is -0.124. The number of para-hydroxylation sites is 2. The monoisotopic (exact) mass is 499 g/mol. The molecule has 1 amide bonds. The number of anilines is 1. The number of nitrogens with zero attached hydrogens (tertiary/aromatic N) is 2. The molecule has 3 rings (SSSR count). The van der Waals surface area contributed by atoms with Crippen LogP contribution in [0.5, 0.6) is 0 Å². The highest BCUT2D eigenvalue weighted by Gasteiger charge is 2.30. The third-order valence-corrected chi connectivity index (χ3v) is 6.08. The molecular formula is C24H25N3O7S. The summed E-state index contributed by atoms with van der Waals surface area (Å²) in [6.45, 7) is 6.80. The molecule has 1 unspecified atom stereocenters. The fourth-order valence-corrected chi connectivity index (χ4v) is 4.29. The Bertz CT molecular complexity index is 1270. The Morgan fingerprint density at radius 1 is 0.971 bits per heavy atom. The van der Waals surface area contributed by atoms with Crippen LogP contribution in [0.3, 0.4) is 0 Å². The zero-order valence-corrected chi connectivity index (χ0v) is 20.6. The van der Waals surface area contributed by atoms with E-state index in [1.807, 2.05) is 0 Å². The summed E-state index contributed by atoms with van der Waals surface area (Å²) < 4.78 is 15.5. The molecule has 0 aliphatic carbocycles. The first kappa shape index (κ1) is 25.8. The molecule has 1 atom stereocenters. The van der Waals surface area contributed by atoms with E-state index in [4.69, 9.17) is 14.2 Å². The number of hydrogen-bond acceptors (Lipinski definition) is 10. The zero-order chi connectivity index (χ0) is 25.5. The molecule has 0 radical (unpaired) electrons. The van der Waals surface area contributed by atoms with Gasteiger partial charge in [0, 0.05) is 0 Å². The number of benzene rings is 1. The summed E-state index contributed by atoms with van der Waals surface area (Å²) in [6.07, 6.45) is 0.254. The Kier molecular flexibility index (Phi) is 8.48. The van der Waals surface area contributed by atoms with Crippen LogP contribution >= 0.6 is 11.3 Å². The van der Waals surface area contributed by atoms with Gasteiger partial charge >= 0.3 is 17.9 Å². The summed E-state index contributed by atoms with van der Waals surface area (Å²) in [5.41, 5.74) is 1.47. The highest BCUT2D eigenvalue weighted by molar-refractivity contribution is 7.18. The van der Waals surface area contributed by atoms with E-state index >= 15 is 0 Å². The number of carbonyl (C=O) groups excluding carboxylic acids is 4. The van der Waals surface area contributed by atoms with Gasteiger partial charge in [0.2, 0.25) is 0 Å². The summed E-state index contributed by atoms with van der Waals surface area (Å²) >= 11 is 0.891. The van der Waals surface area contributed by atoms with Crippen LogP contribution in [0, 0.1) is 6.92 Å². The molecule has 35 heavy (non-hydrogen) atoms. The minimum atomic E-state index is -1.18. The van der Waals surface area contributed by atoms with E-state index in [2.05, 4.69) is 15.3 Å². The van der Waals surface area contributed by atoms with Crippen LogP contribution in [0.15, 0.2) is 30.5 Å². The SMILES string of the molecule is CCOC(=O)c1sc(NC(=O)C(CC)OC(=O)c2cnc3ccccc3n2)c(C(=O)OCC)c1C. The Morgan fingerprint density at radius 2 is 1.63 bits per heavy atom. The third kappa shape index (κ3) is 5.80. The molecule has 0 spiro atoms. The van der Waals surface area contributed by atoms with Crippen molar-refractivity contribution in [1.29, 1.82) is 0 Å². The molecule has 0 saturated heterocycles. The van der Waals surface area contributed by atoms with Crippen LogP contribution in [-0.2, 0) is 19.0 Å². The van der Waals surface area contributed by atoms with Crippen molar-refractivity contribution in [2.75, 3.05) is 18.5 Å². The number of hydrogen-bond donors (Lipinski definition) is 1. The second kappa shape index (κ2) is 11.5. The standard InChI is InChI=1S/C24H25N3O7S/c1-5-17(34-22(29)16-12-25-14-10-8-9-11-15(14)26-16)20(28)27-21-18(23(30)32-6-2)13(4)19(35-21)24(31)33-7-3/h8-12,17H,5-7H2,1-4H3,(H,27,28). The van der Waals surface area contributed by atoms with Crippen LogP contribution < -0.4 is 5.32 Å². The number of aromatic nitrogens is 2. The van der Waals surface area contributed by atoms with Crippen molar-refractivity contribution in [2.24, 2.45) is 0 Å². The van der Waals surface area contributed by atoms with Crippen molar-refractivity contribution in [2.45, 2.75) is 40.2 Å². The maximum absolute atomic E-state index is 13.0. The van der Waals surface area contributed by atoms with Gasteiger partial charge in [-0.25, -0.2) is 19.4 Å². The molecule has 0 aliphatic rings. The number of esters is 3. The topological polar surface area (TPSA) is 134 Å². The normalized spacial score (nSPS) is 11.5. The highest BCUT2D eigenvalue weighted by atomic mass is 32.1. The molecule has 11 heteroatoms. The molecule has 0 saturated carbocycles. The highest BCUT2D eigenvalue weighted by Crippen LogP contribution is 2.34. The minimum absolute atomic E-state index is 0.0428. The lowest BCUT2D eigenvalue weighted by Gasteiger charge is -2.16. The first-order valence-corrected chi connectivity index (χ1v) is 11.8. The van der Waals surface area contributed by atoms with Crippen molar-refractivity contribution in [3.05, 3.63) is 52.2 Å². The molecule has 1 N–H and O–H groups in total. The van der Waals surface area contributed by atoms with Crippen LogP contribution in [0.2, 0.25) is 0 Å². The molecular weight excluding hydrogens is 474 g/mol. The second-order valence-corrected chi connectivity index (χ2v) is 8.26. The Labute approximate surface area is 205 Å². The Hall–Kier alpha value is -3.86. The number of fused-ring (bicyclic) bond motifs is 1. The lowest BCUT2D eigenvalue weighted by atomic mass is 10.1. The molecule has 184 valence electrons. The quantitative estimate of drug-likeness (QED) is 0.343. The number of nitrogens with one attached hydrogen (secondary N) is 1. The predicted molar refractivity (Wildman–Crippen MR) is 129 cm³/mol. The predicted octanol–water partition coefficient (Wildman–Crippen LogP) is 3.93. The molecule has 0 bridgehead atoms. The van der Waals surface area contributed by atoms with Gasteiger partial charge in [-0.15, -0.1) is 11.3 Å². The Balaban J connectivity index is 1.83. The van der Waals surface area contributed by atoms with Gasteiger partial charge in [-0.05, 0) is 44.9 Å². The maximum Gasteiger partial charge on any atom is 0.359 e. The van der Waals surface area contributed by atoms with Crippen molar-refractivity contribution in [3.63, 3.8) is 0 Å². The van der Waals surface area contributed by atoms with Crippen molar-refractivity contribution >= 4 is 51.2 Å². The van der Waals surface area contributed by atoms with E-state index in [-0.39, 0.29) is 40.8 Å². The van der Waals surface area contributed by atoms with E-state index in [0.29, 0.717) is 16.6 Å². The summed E-state index contributed by atoms with van der Waals surface area (Å²) in [4.78, 5) is 59.1. The van der Waals surface area contributed by atoms with Crippen LogP contribution in [0.25, 0.3) is 11.0 Å². The molecule has 0 aliphatic heterocycles. The van der Waals surface area contributed by atoms with Crippen molar-refractivity contribution in [1.82, 2.24) is 9.97 Å². The van der Waals surface area contributed by atoms with E-state index in [9.17, 15) is 19.2 Å². The molecule has 2 heterocycles.